The van der Waals surface area contributed by atoms with Gasteiger partial charge in [-0.3, -0.25) is 14.9 Å². The molecule has 0 saturated heterocycles. The Morgan fingerprint density at radius 2 is 2.00 bits per heavy atom. The smallest absolute Gasteiger partial charge is 0.287 e. The van der Waals surface area contributed by atoms with E-state index in [1.807, 2.05) is 19.1 Å². The summed E-state index contributed by atoms with van der Waals surface area (Å²) in [6.07, 6.45) is 7.89. The zero-order valence-electron chi connectivity index (χ0n) is 21.5. The Hall–Kier alpha value is -3.83. The molecule has 40 heavy (non-hydrogen) atoms. The fourth-order valence-corrected chi connectivity index (χ4v) is 5.32. The molecule has 0 amide bonds. The van der Waals surface area contributed by atoms with Crippen molar-refractivity contribution in [3.05, 3.63) is 90.0 Å². The van der Waals surface area contributed by atoms with E-state index in [9.17, 15) is 14.9 Å². The monoisotopic (exact) mass is 625 g/mol. The van der Waals surface area contributed by atoms with E-state index < -0.39 is 4.92 Å². The van der Waals surface area contributed by atoms with Crippen molar-refractivity contribution in [2.75, 3.05) is 6.61 Å². The van der Waals surface area contributed by atoms with E-state index in [-0.39, 0.29) is 33.8 Å². The van der Waals surface area contributed by atoms with E-state index in [1.165, 1.54) is 23.2 Å². The van der Waals surface area contributed by atoms with Crippen LogP contribution in [0.1, 0.15) is 56.3 Å². The summed E-state index contributed by atoms with van der Waals surface area (Å²) >= 11 is 10.0. The van der Waals surface area contributed by atoms with Gasteiger partial charge in [-0.25, -0.2) is 9.97 Å². The number of hydrogen-bond donors (Lipinski definition) is 0. The highest BCUT2D eigenvalue weighted by atomic mass is 79.9. The number of benzene rings is 2. The number of ether oxygens (including phenoxy) is 2. The molecular formula is C28H25BrClN5O5. The second-order valence-corrected chi connectivity index (χ2v) is 10.6. The van der Waals surface area contributed by atoms with E-state index in [0.717, 1.165) is 36.4 Å². The number of halogens is 2. The van der Waals surface area contributed by atoms with E-state index in [2.05, 4.69) is 26.0 Å². The van der Waals surface area contributed by atoms with Crippen LogP contribution in [0, 0.1) is 10.1 Å². The lowest BCUT2D eigenvalue weighted by Crippen LogP contribution is -2.25. The van der Waals surface area contributed by atoms with E-state index in [1.54, 1.807) is 24.4 Å². The Labute approximate surface area is 242 Å². The van der Waals surface area contributed by atoms with Gasteiger partial charge in [-0.1, -0.05) is 46.8 Å². The van der Waals surface area contributed by atoms with Crippen molar-refractivity contribution in [2.24, 2.45) is 5.10 Å². The molecule has 2 aromatic heterocycles. The summed E-state index contributed by atoms with van der Waals surface area (Å²) in [4.78, 5) is 32.8. The molecule has 0 unspecified atom stereocenters. The summed E-state index contributed by atoms with van der Waals surface area (Å²) in [5, 5.41) is 16.2. The third kappa shape index (κ3) is 6.00. The van der Waals surface area contributed by atoms with E-state index in [4.69, 9.17) is 26.1 Å². The van der Waals surface area contributed by atoms with Gasteiger partial charge in [0.05, 0.1) is 33.7 Å². The average molecular weight is 627 g/mol. The SMILES string of the molecule is CCOc1cc(C=Nn2c(C3CCCCC3)nc3ccc(Br)cc3c2=O)cc(Cl)c1Oc1ccc([N+](=O)[O-])cn1. The molecule has 4 aromatic rings. The molecule has 0 aliphatic heterocycles. The first-order chi connectivity index (χ1) is 19.3. The zero-order valence-corrected chi connectivity index (χ0v) is 23.9. The third-order valence-electron chi connectivity index (χ3n) is 6.60. The Balaban J connectivity index is 1.53. The Morgan fingerprint density at radius 3 is 2.70 bits per heavy atom. The van der Waals surface area contributed by atoms with Gasteiger partial charge >= 0.3 is 0 Å². The van der Waals surface area contributed by atoms with Crippen LogP contribution in [-0.4, -0.2) is 32.4 Å². The molecule has 1 aliphatic rings. The van der Waals surface area contributed by atoms with Crippen LogP contribution in [0.25, 0.3) is 10.9 Å². The summed E-state index contributed by atoms with van der Waals surface area (Å²) in [5.41, 5.74) is 0.813. The summed E-state index contributed by atoms with van der Waals surface area (Å²) in [7, 11) is 0. The second kappa shape index (κ2) is 12.1. The zero-order chi connectivity index (χ0) is 28.2. The van der Waals surface area contributed by atoms with Gasteiger partial charge in [0.15, 0.2) is 11.5 Å². The highest BCUT2D eigenvalue weighted by molar-refractivity contribution is 9.10. The van der Waals surface area contributed by atoms with Crippen molar-refractivity contribution < 1.29 is 14.4 Å². The molecule has 0 bridgehead atoms. The molecule has 1 aliphatic carbocycles. The van der Waals surface area contributed by atoms with Crippen LogP contribution in [0.3, 0.4) is 0 Å². The van der Waals surface area contributed by atoms with Crippen LogP contribution < -0.4 is 15.0 Å². The van der Waals surface area contributed by atoms with Crippen LogP contribution in [0.4, 0.5) is 5.69 Å². The van der Waals surface area contributed by atoms with Crippen LogP contribution in [0.5, 0.6) is 17.4 Å². The molecular weight excluding hydrogens is 602 g/mol. The van der Waals surface area contributed by atoms with Gasteiger partial charge in [0.1, 0.15) is 12.0 Å². The van der Waals surface area contributed by atoms with Crippen molar-refractivity contribution in [2.45, 2.75) is 44.9 Å². The minimum atomic E-state index is -0.543. The van der Waals surface area contributed by atoms with Crippen molar-refractivity contribution in [1.82, 2.24) is 14.6 Å². The van der Waals surface area contributed by atoms with Crippen LogP contribution >= 0.6 is 27.5 Å². The maximum absolute atomic E-state index is 13.6. The van der Waals surface area contributed by atoms with Crippen LogP contribution in [0.15, 0.2) is 63.0 Å². The number of nitro groups is 1. The molecule has 0 radical (unpaired) electrons. The van der Waals surface area contributed by atoms with Gasteiger partial charge in [-0.15, -0.1) is 0 Å². The molecule has 0 spiro atoms. The second-order valence-electron chi connectivity index (χ2n) is 9.30. The normalized spacial score (nSPS) is 14.1. The summed E-state index contributed by atoms with van der Waals surface area (Å²) in [5.74, 6) is 1.44. The van der Waals surface area contributed by atoms with Crippen LogP contribution in [-0.2, 0) is 0 Å². The molecule has 2 aromatic carbocycles. The standard InChI is InChI=1S/C28H25BrClN5O5/c1-2-39-24-13-17(12-22(30)26(24)40-25-11-9-20(16-31-25)35(37)38)15-32-34-27(18-6-4-3-5-7-18)33-23-10-8-19(29)14-21(23)28(34)36/h8-16,18H,2-7H2,1H3. The van der Waals surface area contributed by atoms with Gasteiger partial charge in [-0.05, 0) is 55.7 Å². The molecule has 10 nitrogen and oxygen atoms in total. The Bertz CT molecular complexity index is 1650. The number of aromatic nitrogens is 3. The summed E-state index contributed by atoms with van der Waals surface area (Å²) in [6, 6.07) is 11.5. The minimum Gasteiger partial charge on any atom is -0.490 e. The predicted molar refractivity (Wildman–Crippen MR) is 156 cm³/mol. The molecule has 0 atom stereocenters. The molecule has 5 rings (SSSR count). The lowest BCUT2D eigenvalue weighted by molar-refractivity contribution is -0.385. The van der Waals surface area contributed by atoms with E-state index >= 15 is 0 Å². The Morgan fingerprint density at radius 1 is 1.20 bits per heavy atom. The highest BCUT2D eigenvalue weighted by Crippen LogP contribution is 2.39. The van der Waals surface area contributed by atoms with Gasteiger partial charge < -0.3 is 9.47 Å². The fraction of sp³-hybridized carbons (Fsp3) is 0.286. The minimum absolute atomic E-state index is 0.118. The third-order valence-corrected chi connectivity index (χ3v) is 7.37. The van der Waals surface area contributed by atoms with Crippen LogP contribution in [0.2, 0.25) is 5.02 Å². The number of fused-ring (bicyclic) bond motifs is 1. The number of nitrogens with zero attached hydrogens (tertiary/aromatic N) is 5. The molecule has 1 fully saturated rings. The first kappa shape index (κ1) is 27.7. The van der Waals surface area contributed by atoms with Crippen molar-refractivity contribution in [1.29, 1.82) is 0 Å². The topological polar surface area (TPSA) is 122 Å². The largest absolute Gasteiger partial charge is 0.490 e. The quantitative estimate of drug-likeness (QED) is 0.115. The van der Waals surface area contributed by atoms with Gasteiger partial charge in [0, 0.05) is 22.5 Å². The average Bonchev–Trinajstić information content (AvgIpc) is 2.95. The first-order valence-electron chi connectivity index (χ1n) is 12.8. The molecule has 1 saturated carbocycles. The maximum atomic E-state index is 13.6. The molecule has 206 valence electrons. The molecule has 2 heterocycles. The first-order valence-corrected chi connectivity index (χ1v) is 14.0. The number of pyridine rings is 1. The summed E-state index contributed by atoms with van der Waals surface area (Å²) in [6.45, 7) is 2.15. The number of rotatable bonds is 8. The van der Waals surface area contributed by atoms with Crippen molar-refractivity contribution in [3.8, 4) is 17.4 Å². The molecule has 0 N–H and O–H groups in total. The predicted octanol–water partition coefficient (Wildman–Crippen LogP) is 7.24. The summed E-state index contributed by atoms with van der Waals surface area (Å²) < 4.78 is 13.8. The maximum Gasteiger partial charge on any atom is 0.287 e. The van der Waals surface area contributed by atoms with Crippen molar-refractivity contribution >= 4 is 50.3 Å². The fourth-order valence-electron chi connectivity index (χ4n) is 4.70. The Kier molecular flexibility index (Phi) is 8.41. The number of hydrogen-bond acceptors (Lipinski definition) is 8. The lowest BCUT2D eigenvalue weighted by atomic mass is 9.88. The lowest BCUT2D eigenvalue weighted by Gasteiger charge is -2.22. The van der Waals surface area contributed by atoms with Gasteiger partial charge in [-0.2, -0.15) is 9.78 Å². The molecule has 12 heteroatoms. The highest BCUT2D eigenvalue weighted by Gasteiger charge is 2.23. The van der Waals surface area contributed by atoms with Gasteiger partial charge in [0.25, 0.3) is 11.2 Å². The van der Waals surface area contributed by atoms with Gasteiger partial charge in [0.2, 0.25) is 5.88 Å². The van der Waals surface area contributed by atoms with Crippen molar-refractivity contribution in [3.63, 3.8) is 0 Å². The van der Waals surface area contributed by atoms with E-state index in [0.29, 0.717) is 34.6 Å².